The number of aromatic nitrogens is 2. The Hall–Kier alpha value is -2.11. The van der Waals surface area contributed by atoms with Crippen molar-refractivity contribution in [3.05, 3.63) is 29.5 Å². The Bertz CT molecular complexity index is 602. The van der Waals surface area contributed by atoms with E-state index in [0.717, 1.165) is 12.5 Å². The summed E-state index contributed by atoms with van der Waals surface area (Å²) in [5.74, 6) is -2.55. The molecule has 2 aromatic rings. The van der Waals surface area contributed by atoms with Crippen LogP contribution in [-0.2, 0) is 5.92 Å². The van der Waals surface area contributed by atoms with Crippen molar-refractivity contribution in [2.24, 2.45) is 0 Å². The van der Waals surface area contributed by atoms with Crippen molar-refractivity contribution >= 4 is 5.82 Å². The summed E-state index contributed by atoms with van der Waals surface area (Å²) in [5, 5.41) is 6.40. The first kappa shape index (κ1) is 13.3. The number of aromatic amines is 1. The first-order chi connectivity index (χ1) is 8.86. The van der Waals surface area contributed by atoms with Gasteiger partial charge in [0.05, 0.1) is 18.9 Å². The Morgan fingerprint density at radius 1 is 1.37 bits per heavy atom. The number of aryl methyl sites for hydroxylation is 1. The molecule has 0 radical (unpaired) electrons. The predicted molar refractivity (Wildman–Crippen MR) is 69.3 cm³/mol. The fourth-order valence-electron chi connectivity index (χ4n) is 2.07. The summed E-state index contributed by atoms with van der Waals surface area (Å²) in [6.45, 7) is 2.64. The summed E-state index contributed by atoms with van der Waals surface area (Å²) in [6.07, 6.45) is 1.50. The van der Waals surface area contributed by atoms with Gasteiger partial charge in [0.15, 0.2) is 0 Å². The summed E-state index contributed by atoms with van der Waals surface area (Å²) in [5.41, 5.74) is 7.47. The highest BCUT2D eigenvalue weighted by molar-refractivity contribution is 5.81. The monoisotopic (exact) mass is 267 g/mol. The Kier molecular flexibility index (Phi) is 3.18. The molecule has 0 amide bonds. The molecular weight excluding hydrogens is 252 g/mol. The molecule has 0 saturated heterocycles. The average molecular weight is 267 g/mol. The molecule has 19 heavy (non-hydrogen) atoms. The minimum absolute atomic E-state index is 0.126. The predicted octanol–water partition coefficient (Wildman–Crippen LogP) is 3.09. The zero-order chi connectivity index (χ0) is 14.2. The highest BCUT2D eigenvalue weighted by Crippen LogP contribution is 2.43. The third kappa shape index (κ3) is 2.25. The number of ether oxygens (including phenoxy) is 1. The molecule has 1 aromatic carbocycles. The Morgan fingerprint density at radius 3 is 2.53 bits per heavy atom. The van der Waals surface area contributed by atoms with Crippen molar-refractivity contribution in [2.45, 2.75) is 19.8 Å². The summed E-state index contributed by atoms with van der Waals surface area (Å²) in [4.78, 5) is 0. The van der Waals surface area contributed by atoms with Crippen LogP contribution in [0.25, 0.3) is 11.1 Å². The van der Waals surface area contributed by atoms with Gasteiger partial charge in [-0.15, -0.1) is 0 Å². The van der Waals surface area contributed by atoms with Crippen molar-refractivity contribution in [1.82, 2.24) is 10.2 Å². The molecular formula is C13H15F2N3O. The zero-order valence-electron chi connectivity index (χ0n) is 10.9. The maximum Gasteiger partial charge on any atom is 0.274 e. The van der Waals surface area contributed by atoms with Gasteiger partial charge in [-0.25, -0.2) is 8.78 Å². The van der Waals surface area contributed by atoms with Gasteiger partial charge in [-0.05, 0) is 18.6 Å². The van der Waals surface area contributed by atoms with E-state index in [1.54, 1.807) is 6.07 Å². The number of nitrogen functional groups attached to an aromatic ring is 1. The van der Waals surface area contributed by atoms with E-state index in [2.05, 4.69) is 10.2 Å². The zero-order valence-corrected chi connectivity index (χ0v) is 10.9. The van der Waals surface area contributed by atoms with Gasteiger partial charge in [0.2, 0.25) is 0 Å². The number of alkyl halides is 2. The van der Waals surface area contributed by atoms with Crippen LogP contribution in [-0.4, -0.2) is 17.3 Å². The summed E-state index contributed by atoms with van der Waals surface area (Å²) >= 11 is 0. The van der Waals surface area contributed by atoms with Crippen LogP contribution in [0.2, 0.25) is 0 Å². The van der Waals surface area contributed by atoms with Crippen molar-refractivity contribution in [3.8, 4) is 16.9 Å². The normalized spacial score (nSPS) is 11.6. The summed E-state index contributed by atoms with van der Waals surface area (Å²) < 4.78 is 32.4. The van der Waals surface area contributed by atoms with E-state index < -0.39 is 5.92 Å². The van der Waals surface area contributed by atoms with Crippen molar-refractivity contribution in [3.63, 3.8) is 0 Å². The number of rotatable bonds is 3. The van der Waals surface area contributed by atoms with E-state index >= 15 is 0 Å². The number of hydrogen-bond donors (Lipinski definition) is 2. The first-order valence-corrected chi connectivity index (χ1v) is 5.71. The highest BCUT2D eigenvalue weighted by Gasteiger charge is 2.31. The minimum Gasteiger partial charge on any atom is -0.496 e. The summed E-state index contributed by atoms with van der Waals surface area (Å²) in [6, 6.07) is 2.99. The Labute approximate surface area is 109 Å². The van der Waals surface area contributed by atoms with Gasteiger partial charge in [-0.2, -0.15) is 5.10 Å². The molecule has 2 rings (SSSR count). The smallest absolute Gasteiger partial charge is 0.274 e. The van der Waals surface area contributed by atoms with Crippen LogP contribution in [0.1, 0.15) is 18.1 Å². The number of hydrogen-bond acceptors (Lipinski definition) is 3. The average Bonchev–Trinajstić information content (AvgIpc) is 2.73. The molecule has 0 atom stereocenters. The van der Waals surface area contributed by atoms with E-state index in [9.17, 15) is 8.78 Å². The molecule has 0 spiro atoms. The number of nitrogens with two attached hydrogens (primary N) is 1. The second-order valence-electron chi connectivity index (χ2n) is 4.42. The van der Waals surface area contributed by atoms with Crippen LogP contribution in [0.4, 0.5) is 14.6 Å². The van der Waals surface area contributed by atoms with Crippen molar-refractivity contribution in [1.29, 1.82) is 0 Å². The molecule has 4 nitrogen and oxygen atoms in total. The number of nitrogens with zero attached hydrogens (tertiary/aromatic N) is 1. The van der Waals surface area contributed by atoms with Gasteiger partial charge in [0.1, 0.15) is 11.6 Å². The lowest BCUT2D eigenvalue weighted by molar-refractivity contribution is 0.0151. The molecule has 0 aliphatic carbocycles. The lowest BCUT2D eigenvalue weighted by Gasteiger charge is -2.19. The molecule has 1 aromatic heterocycles. The van der Waals surface area contributed by atoms with E-state index in [0.29, 0.717) is 16.9 Å². The number of anilines is 1. The summed E-state index contributed by atoms with van der Waals surface area (Å²) in [7, 11) is 1.36. The number of H-pyrrole nitrogens is 1. The van der Waals surface area contributed by atoms with Crippen LogP contribution in [0.5, 0.6) is 5.75 Å². The van der Waals surface area contributed by atoms with E-state index in [1.165, 1.54) is 19.4 Å². The maximum atomic E-state index is 13.6. The minimum atomic E-state index is -2.99. The van der Waals surface area contributed by atoms with Crippen molar-refractivity contribution < 1.29 is 13.5 Å². The fourth-order valence-corrected chi connectivity index (χ4v) is 2.07. The fraction of sp³-hybridized carbons (Fsp3) is 0.308. The Morgan fingerprint density at radius 2 is 2.05 bits per heavy atom. The molecule has 0 aliphatic heterocycles. The number of nitrogens with one attached hydrogen (secondary N) is 1. The molecule has 0 saturated carbocycles. The van der Waals surface area contributed by atoms with E-state index in [4.69, 9.17) is 10.5 Å². The van der Waals surface area contributed by atoms with Crippen LogP contribution in [0.15, 0.2) is 18.3 Å². The molecule has 0 bridgehead atoms. The first-order valence-electron chi connectivity index (χ1n) is 5.71. The molecule has 0 unspecified atom stereocenters. The van der Waals surface area contributed by atoms with Gasteiger partial charge < -0.3 is 10.5 Å². The lowest BCUT2D eigenvalue weighted by atomic mass is 9.95. The molecule has 1 heterocycles. The van der Waals surface area contributed by atoms with E-state index in [-0.39, 0.29) is 11.3 Å². The topological polar surface area (TPSA) is 63.9 Å². The van der Waals surface area contributed by atoms with E-state index in [1.807, 2.05) is 6.92 Å². The SMILES string of the molecule is COc1c(C(C)(F)F)ccc(C)c1-c1cn[nH]c1N. The van der Waals surface area contributed by atoms with Crippen molar-refractivity contribution in [2.75, 3.05) is 12.8 Å². The van der Waals surface area contributed by atoms with Crippen LogP contribution < -0.4 is 10.5 Å². The number of methoxy groups -OCH3 is 1. The van der Waals surface area contributed by atoms with Crippen LogP contribution >= 0.6 is 0 Å². The van der Waals surface area contributed by atoms with Crippen LogP contribution in [0.3, 0.4) is 0 Å². The lowest BCUT2D eigenvalue weighted by Crippen LogP contribution is -2.10. The third-order valence-corrected chi connectivity index (χ3v) is 2.98. The van der Waals surface area contributed by atoms with Gasteiger partial charge in [0, 0.05) is 18.1 Å². The maximum absolute atomic E-state index is 13.6. The molecule has 0 aliphatic rings. The van der Waals surface area contributed by atoms with Gasteiger partial charge in [-0.3, -0.25) is 5.10 Å². The van der Waals surface area contributed by atoms with Gasteiger partial charge in [0.25, 0.3) is 5.92 Å². The van der Waals surface area contributed by atoms with Gasteiger partial charge in [-0.1, -0.05) is 6.07 Å². The Balaban J connectivity index is 2.77. The highest BCUT2D eigenvalue weighted by atomic mass is 19.3. The standard InChI is InChI=1S/C13H15F2N3O/c1-7-4-5-9(13(2,14)15)11(19-3)10(7)8-6-17-18-12(8)16/h4-6H,1-3H3,(H3,16,17,18). The van der Waals surface area contributed by atoms with Crippen LogP contribution in [0, 0.1) is 6.92 Å². The molecule has 0 fully saturated rings. The van der Waals surface area contributed by atoms with Gasteiger partial charge >= 0.3 is 0 Å². The quantitative estimate of drug-likeness (QED) is 0.898. The molecule has 3 N–H and O–H groups in total. The second kappa shape index (κ2) is 4.53. The molecule has 6 heteroatoms. The number of halogens is 2. The molecule has 102 valence electrons. The largest absolute Gasteiger partial charge is 0.496 e. The second-order valence-corrected chi connectivity index (χ2v) is 4.42. The number of benzene rings is 1. The third-order valence-electron chi connectivity index (χ3n) is 2.98.